The van der Waals surface area contributed by atoms with Gasteiger partial charge in [0.05, 0.1) is 12.7 Å². The van der Waals surface area contributed by atoms with E-state index in [0.717, 1.165) is 0 Å². The zero-order chi connectivity index (χ0) is 19.2. The first-order valence-corrected chi connectivity index (χ1v) is 8.40. The average Bonchev–Trinajstić information content (AvgIpc) is 2.71. The van der Waals surface area contributed by atoms with E-state index in [1.165, 1.54) is 17.9 Å². The first-order valence-electron chi connectivity index (χ1n) is 8.40. The van der Waals surface area contributed by atoms with Crippen LogP contribution in [-0.2, 0) is 6.54 Å². The lowest BCUT2D eigenvalue weighted by Gasteiger charge is -2.10. The van der Waals surface area contributed by atoms with Crippen molar-refractivity contribution in [2.75, 3.05) is 12.4 Å². The standard InChI is InChI=1S/C20H19N3O4/c1-3-23-13-12-21-19(20(23)25)27-15-10-8-14(9-11-15)22-18(24)16-6-4-5-7-17(16)26-2/h4-13H,3H2,1-2H3,(H,22,24). The van der Waals surface area contributed by atoms with E-state index in [-0.39, 0.29) is 17.3 Å². The van der Waals surface area contributed by atoms with Crippen LogP contribution in [0.25, 0.3) is 0 Å². The van der Waals surface area contributed by atoms with Crippen LogP contribution in [0.3, 0.4) is 0 Å². The molecule has 1 heterocycles. The first kappa shape index (κ1) is 18.2. The zero-order valence-corrected chi connectivity index (χ0v) is 15.0. The molecule has 1 aromatic heterocycles. The Kier molecular flexibility index (Phi) is 5.51. The van der Waals surface area contributed by atoms with Crippen molar-refractivity contribution >= 4 is 11.6 Å². The molecule has 0 atom stereocenters. The van der Waals surface area contributed by atoms with Gasteiger partial charge in [-0.25, -0.2) is 4.98 Å². The van der Waals surface area contributed by atoms with E-state index < -0.39 is 0 Å². The van der Waals surface area contributed by atoms with Gasteiger partial charge in [-0.2, -0.15) is 0 Å². The van der Waals surface area contributed by atoms with Crippen LogP contribution in [0.2, 0.25) is 0 Å². The highest BCUT2D eigenvalue weighted by Gasteiger charge is 2.12. The summed E-state index contributed by atoms with van der Waals surface area (Å²) in [6.07, 6.45) is 3.12. The van der Waals surface area contributed by atoms with E-state index in [1.54, 1.807) is 54.7 Å². The van der Waals surface area contributed by atoms with Crippen molar-refractivity contribution in [1.82, 2.24) is 9.55 Å². The van der Waals surface area contributed by atoms with Crippen LogP contribution in [0.5, 0.6) is 17.4 Å². The highest BCUT2D eigenvalue weighted by atomic mass is 16.5. The van der Waals surface area contributed by atoms with Crippen LogP contribution < -0.4 is 20.3 Å². The van der Waals surface area contributed by atoms with Gasteiger partial charge in [0, 0.05) is 24.6 Å². The van der Waals surface area contributed by atoms with E-state index in [0.29, 0.717) is 29.3 Å². The van der Waals surface area contributed by atoms with Gasteiger partial charge in [-0.3, -0.25) is 9.59 Å². The molecule has 0 saturated carbocycles. The summed E-state index contributed by atoms with van der Waals surface area (Å²) in [6.45, 7) is 2.40. The minimum atomic E-state index is -0.298. The summed E-state index contributed by atoms with van der Waals surface area (Å²) in [7, 11) is 1.52. The zero-order valence-electron chi connectivity index (χ0n) is 15.0. The topological polar surface area (TPSA) is 82.4 Å². The van der Waals surface area contributed by atoms with Crippen molar-refractivity contribution in [2.24, 2.45) is 0 Å². The van der Waals surface area contributed by atoms with E-state index >= 15 is 0 Å². The summed E-state index contributed by atoms with van der Waals surface area (Å²) in [5, 5.41) is 2.80. The maximum absolute atomic E-state index is 12.4. The number of anilines is 1. The molecule has 7 nitrogen and oxygen atoms in total. The van der Waals surface area contributed by atoms with E-state index in [2.05, 4.69) is 10.3 Å². The number of hydrogen-bond donors (Lipinski definition) is 1. The van der Waals surface area contributed by atoms with Gasteiger partial charge in [-0.15, -0.1) is 0 Å². The van der Waals surface area contributed by atoms with Crippen molar-refractivity contribution in [3.05, 3.63) is 76.8 Å². The number of methoxy groups -OCH3 is 1. The van der Waals surface area contributed by atoms with Crippen LogP contribution >= 0.6 is 0 Å². The summed E-state index contributed by atoms with van der Waals surface area (Å²) in [5.41, 5.74) is 0.729. The van der Waals surface area contributed by atoms with Crippen molar-refractivity contribution in [3.63, 3.8) is 0 Å². The Labute approximate surface area is 156 Å². The molecule has 0 radical (unpaired) electrons. The number of benzene rings is 2. The van der Waals surface area contributed by atoms with Crippen LogP contribution in [0.1, 0.15) is 17.3 Å². The Bertz CT molecular complexity index is 997. The maximum Gasteiger partial charge on any atom is 0.313 e. The molecule has 0 unspecified atom stereocenters. The summed E-state index contributed by atoms with van der Waals surface area (Å²) in [4.78, 5) is 28.5. The normalized spacial score (nSPS) is 10.3. The number of carbonyl (C=O) groups excluding carboxylic acids is 1. The Morgan fingerprint density at radius 1 is 1.15 bits per heavy atom. The molecule has 0 aliphatic carbocycles. The molecule has 0 bridgehead atoms. The van der Waals surface area contributed by atoms with Gasteiger partial charge < -0.3 is 19.4 Å². The lowest BCUT2D eigenvalue weighted by molar-refractivity contribution is 0.102. The van der Waals surface area contributed by atoms with E-state index in [1.807, 2.05) is 6.92 Å². The summed E-state index contributed by atoms with van der Waals surface area (Å²) < 4.78 is 12.3. The summed E-state index contributed by atoms with van der Waals surface area (Å²) in [6, 6.07) is 13.7. The molecule has 7 heteroatoms. The Morgan fingerprint density at radius 2 is 1.89 bits per heavy atom. The molecular weight excluding hydrogens is 346 g/mol. The molecular formula is C20H19N3O4. The third-order valence-electron chi connectivity index (χ3n) is 3.90. The minimum Gasteiger partial charge on any atom is -0.496 e. The number of rotatable bonds is 6. The van der Waals surface area contributed by atoms with E-state index in [4.69, 9.17) is 9.47 Å². The smallest absolute Gasteiger partial charge is 0.313 e. The van der Waals surface area contributed by atoms with Gasteiger partial charge >= 0.3 is 5.56 Å². The van der Waals surface area contributed by atoms with Crippen LogP contribution in [0.15, 0.2) is 65.7 Å². The SMILES string of the molecule is CCn1ccnc(Oc2ccc(NC(=O)c3ccccc3OC)cc2)c1=O. The summed E-state index contributed by atoms with van der Waals surface area (Å²) >= 11 is 0. The quantitative estimate of drug-likeness (QED) is 0.725. The lowest BCUT2D eigenvalue weighted by atomic mass is 10.2. The number of para-hydroxylation sites is 1. The van der Waals surface area contributed by atoms with Crippen LogP contribution in [-0.4, -0.2) is 22.6 Å². The van der Waals surface area contributed by atoms with Gasteiger partial charge in [-0.05, 0) is 43.3 Å². The molecule has 0 spiro atoms. The second kappa shape index (κ2) is 8.18. The molecule has 3 rings (SSSR count). The van der Waals surface area contributed by atoms with Crippen LogP contribution in [0, 0.1) is 0 Å². The highest BCUT2D eigenvalue weighted by molar-refractivity contribution is 6.06. The number of nitrogens with one attached hydrogen (secondary N) is 1. The second-order valence-electron chi connectivity index (χ2n) is 5.60. The fraction of sp³-hybridized carbons (Fsp3) is 0.150. The molecule has 0 saturated heterocycles. The summed E-state index contributed by atoms with van der Waals surface area (Å²) in [5.74, 6) is 0.669. The number of amides is 1. The third-order valence-corrected chi connectivity index (χ3v) is 3.90. The minimum absolute atomic E-state index is 0.00478. The molecule has 0 aliphatic rings. The van der Waals surface area contributed by atoms with Gasteiger partial charge in [0.2, 0.25) is 0 Å². The van der Waals surface area contributed by atoms with Crippen molar-refractivity contribution in [3.8, 4) is 17.4 Å². The maximum atomic E-state index is 12.4. The van der Waals surface area contributed by atoms with Crippen LogP contribution in [0.4, 0.5) is 5.69 Å². The Balaban J connectivity index is 1.72. The largest absolute Gasteiger partial charge is 0.496 e. The number of ether oxygens (including phenoxy) is 2. The molecule has 0 aliphatic heterocycles. The second-order valence-corrected chi connectivity index (χ2v) is 5.60. The monoisotopic (exact) mass is 365 g/mol. The number of aryl methyl sites for hydroxylation is 1. The third kappa shape index (κ3) is 4.14. The molecule has 0 fully saturated rings. The highest BCUT2D eigenvalue weighted by Crippen LogP contribution is 2.22. The molecule has 2 aromatic carbocycles. The van der Waals surface area contributed by atoms with Gasteiger partial charge in [0.25, 0.3) is 11.8 Å². The van der Waals surface area contributed by atoms with Gasteiger partial charge in [-0.1, -0.05) is 12.1 Å². The number of hydrogen-bond acceptors (Lipinski definition) is 5. The first-order chi connectivity index (χ1) is 13.1. The number of aromatic nitrogens is 2. The van der Waals surface area contributed by atoms with Crippen molar-refractivity contribution < 1.29 is 14.3 Å². The van der Waals surface area contributed by atoms with E-state index in [9.17, 15) is 9.59 Å². The predicted octanol–water partition coefficient (Wildman–Crippen LogP) is 3.32. The van der Waals surface area contributed by atoms with Gasteiger partial charge in [0.15, 0.2) is 0 Å². The molecule has 3 aromatic rings. The average molecular weight is 365 g/mol. The fourth-order valence-corrected chi connectivity index (χ4v) is 2.49. The molecule has 138 valence electrons. The van der Waals surface area contributed by atoms with Crippen molar-refractivity contribution in [1.29, 1.82) is 0 Å². The molecule has 1 amide bonds. The molecule has 1 N–H and O–H groups in total. The predicted molar refractivity (Wildman–Crippen MR) is 102 cm³/mol. The Hall–Kier alpha value is -3.61. The van der Waals surface area contributed by atoms with Crippen molar-refractivity contribution in [2.45, 2.75) is 13.5 Å². The number of nitrogens with zero attached hydrogens (tertiary/aromatic N) is 2. The Morgan fingerprint density at radius 3 is 2.59 bits per heavy atom. The fourth-order valence-electron chi connectivity index (χ4n) is 2.49. The molecule has 27 heavy (non-hydrogen) atoms. The lowest BCUT2D eigenvalue weighted by Crippen LogP contribution is -2.20. The van der Waals surface area contributed by atoms with Gasteiger partial charge in [0.1, 0.15) is 11.5 Å². The number of carbonyl (C=O) groups is 1.